The lowest BCUT2D eigenvalue weighted by Crippen LogP contribution is -2.38. The number of aromatic nitrogens is 2. The third-order valence-electron chi connectivity index (χ3n) is 6.82. The van der Waals surface area contributed by atoms with Crippen molar-refractivity contribution in [3.63, 3.8) is 0 Å². The van der Waals surface area contributed by atoms with Gasteiger partial charge in [-0.1, -0.05) is 24.2 Å². The van der Waals surface area contributed by atoms with Crippen molar-refractivity contribution in [2.45, 2.75) is 32.2 Å². The van der Waals surface area contributed by atoms with Gasteiger partial charge in [0, 0.05) is 36.3 Å². The number of rotatable bonds is 7. The molecule has 4 heterocycles. The zero-order valence-electron chi connectivity index (χ0n) is 20.1. The average molecular weight is 506 g/mol. The molecule has 186 valence electrons. The molecule has 1 atom stereocenters. The van der Waals surface area contributed by atoms with Crippen LogP contribution >= 0.6 is 11.6 Å². The summed E-state index contributed by atoms with van der Waals surface area (Å²) < 4.78 is 8.20. The molecule has 0 aliphatic carbocycles. The largest absolute Gasteiger partial charge is 0.489 e. The first kappa shape index (κ1) is 23.9. The highest BCUT2D eigenvalue weighted by atomic mass is 35.5. The van der Waals surface area contributed by atoms with Gasteiger partial charge < -0.3 is 15.0 Å². The normalized spacial score (nSPS) is 16.9. The van der Waals surface area contributed by atoms with Crippen LogP contribution in [0.5, 0.6) is 5.75 Å². The Morgan fingerprint density at radius 1 is 1.36 bits per heavy atom. The van der Waals surface area contributed by atoms with Gasteiger partial charge in [0.1, 0.15) is 12.4 Å². The molecule has 36 heavy (non-hydrogen) atoms. The molecular weight excluding hydrogens is 478 g/mol. The minimum absolute atomic E-state index is 0.0263. The van der Waals surface area contributed by atoms with Crippen molar-refractivity contribution < 1.29 is 14.3 Å². The molecule has 8 nitrogen and oxygen atoms in total. The predicted octanol–water partition coefficient (Wildman–Crippen LogP) is 4.23. The van der Waals surface area contributed by atoms with Gasteiger partial charge >= 0.3 is 0 Å². The van der Waals surface area contributed by atoms with Crippen LogP contribution in [0.3, 0.4) is 0 Å². The lowest BCUT2D eigenvalue weighted by Gasteiger charge is -2.24. The Bertz CT molecular complexity index is 1330. The highest BCUT2D eigenvalue weighted by Crippen LogP contribution is 2.35. The van der Waals surface area contributed by atoms with Gasteiger partial charge in [-0.15, -0.1) is 0 Å². The first-order valence-electron chi connectivity index (χ1n) is 12.0. The highest BCUT2D eigenvalue weighted by molar-refractivity contribution is 6.31. The summed E-state index contributed by atoms with van der Waals surface area (Å²) in [5, 5.41) is 3.58. The first-order valence-corrected chi connectivity index (χ1v) is 12.4. The van der Waals surface area contributed by atoms with Crippen molar-refractivity contribution in [1.82, 2.24) is 19.9 Å². The fourth-order valence-electron chi connectivity index (χ4n) is 4.87. The number of halogens is 1. The summed E-state index contributed by atoms with van der Waals surface area (Å²) >= 11 is 6.37. The number of nitrogens with zero attached hydrogens (tertiary/aromatic N) is 3. The minimum atomic E-state index is -0.109. The van der Waals surface area contributed by atoms with Crippen LogP contribution in [0.1, 0.15) is 34.5 Å². The Kier molecular flexibility index (Phi) is 6.69. The summed E-state index contributed by atoms with van der Waals surface area (Å²) in [4.78, 5) is 31.0. The first-order chi connectivity index (χ1) is 17.5. The van der Waals surface area contributed by atoms with E-state index in [0.29, 0.717) is 42.5 Å². The van der Waals surface area contributed by atoms with E-state index in [0.717, 1.165) is 41.0 Å². The average Bonchev–Trinajstić information content (AvgIpc) is 3.51. The quantitative estimate of drug-likeness (QED) is 0.469. The van der Waals surface area contributed by atoms with E-state index < -0.39 is 0 Å². The molecule has 0 unspecified atom stereocenters. The second-order valence-corrected chi connectivity index (χ2v) is 9.38. The number of nitrogens with one attached hydrogen (secondary N) is 2. The molecule has 1 aromatic carbocycles. The van der Waals surface area contributed by atoms with Gasteiger partial charge in [-0.2, -0.15) is 0 Å². The van der Waals surface area contributed by atoms with E-state index in [4.69, 9.17) is 16.3 Å². The summed E-state index contributed by atoms with van der Waals surface area (Å²) in [5.41, 5.74) is 8.29. The molecule has 0 bridgehead atoms. The van der Waals surface area contributed by atoms with Crippen LogP contribution < -0.4 is 15.5 Å². The number of amides is 2. The van der Waals surface area contributed by atoms with E-state index >= 15 is 0 Å². The van der Waals surface area contributed by atoms with Gasteiger partial charge in [0.2, 0.25) is 5.91 Å². The number of likely N-dealkylation sites (tertiary alicyclic amines) is 1. The zero-order chi connectivity index (χ0) is 25.2. The minimum Gasteiger partial charge on any atom is -0.489 e. The molecule has 2 aliphatic rings. The van der Waals surface area contributed by atoms with Crippen LogP contribution in [0.25, 0.3) is 11.3 Å². The van der Waals surface area contributed by atoms with Gasteiger partial charge in [-0.25, -0.2) is 0 Å². The molecule has 2 N–H and O–H groups in total. The number of benzene rings is 1. The summed E-state index contributed by atoms with van der Waals surface area (Å²) in [6.07, 6.45) is 7.20. The Labute approximate surface area is 214 Å². The fraction of sp³-hybridized carbons (Fsp3) is 0.296. The van der Waals surface area contributed by atoms with Crippen LogP contribution in [-0.4, -0.2) is 52.1 Å². The van der Waals surface area contributed by atoms with Crippen LogP contribution in [0.4, 0.5) is 5.69 Å². The molecule has 2 aromatic heterocycles. The van der Waals surface area contributed by atoms with Crippen molar-refractivity contribution in [2.24, 2.45) is 0 Å². The number of hydrogen-bond donors (Lipinski definition) is 2. The number of carbonyl (C=O) groups excluding carboxylic acids is 2. The second kappa shape index (κ2) is 10.1. The van der Waals surface area contributed by atoms with Crippen molar-refractivity contribution >= 4 is 29.1 Å². The van der Waals surface area contributed by atoms with E-state index in [-0.39, 0.29) is 17.9 Å². The second-order valence-electron chi connectivity index (χ2n) is 8.97. The topological polar surface area (TPSA) is 88.5 Å². The summed E-state index contributed by atoms with van der Waals surface area (Å²) in [7, 11) is 0. The standard InChI is InChI=1S/C27H28ClN5O3/c1-3-26(34)32-13-5-6-18(32)16-36-25-15-29-11-9-19(25)24-14-20-23(10-12-30-27(20)35)33(24)31-22-8-4-7-21(28)17(22)2/h3-4,7-9,11,14-15,18,31H,1,5-6,10,12-13,16H2,2H3,(H,30,35)/t18-/m0/s1. The number of ether oxygens (including phenoxy) is 1. The van der Waals surface area contributed by atoms with Gasteiger partial charge in [-0.3, -0.25) is 24.7 Å². The molecule has 0 radical (unpaired) electrons. The van der Waals surface area contributed by atoms with Gasteiger partial charge in [0.25, 0.3) is 5.91 Å². The SMILES string of the molecule is C=CC(=O)N1CCC[C@H]1COc1cnccc1-c1cc2c(n1Nc1cccc(Cl)c1C)CCNC2=O. The van der Waals surface area contributed by atoms with Gasteiger partial charge in [0.05, 0.1) is 34.9 Å². The molecule has 2 aliphatic heterocycles. The van der Waals surface area contributed by atoms with Crippen molar-refractivity contribution in [3.05, 3.63) is 77.2 Å². The molecule has 1 fully saturated rings. The van der Waals surface area contributed by atoms with E-state index in [2.05, 4.69) is 22.3 Å². The lowest BCUT2D eigenvalue weighted by molar-refractivity contribution is -0.127. The zero-order valence-corrected chi connectivity index (χ0v) is 20.8. The summed E-state index contributed by atoms with van der Waals surface area (Å²) in [5.74, 6) is 0.389. The Balaban J connectivity index is 1.52. The van der Waals surface area contributed by atoms with Crippen LogP contribution in [0, 0.1) is 6.92 Å². The van der Waals surface area contributed by atoms with Crippen LogP contribution in [-0.2, 0) is 11.2 Å². The molecular formula is C27H28ClN5O3. The highest BCUT2D eigenvalue weighted by Gasteiger charge is 2.29. The predicted molar refractivity (Wildman–Crippen MR) is 139 cm³/mol. The number of anilines is 1. The van der Waals surface area contributed by atoms with Gasteiger partial charge in [0.15, 0.2) is 0 Å². The monoisotopic (exact) mass is 505 g/mol. The number of carbonyl (C=O) groups is 2. The Hall–Kier alpha value is -3.78. The molecule has 1 saturated heterocycles. The third kappa shape index (κ3) is 4.44. The van der Waals surface area contributed by atoms with E-state index in [9.17, 15) is 9.59 Å². The van der Waals surface area contributed by atoms with Gasteiger partial charge in [-0.05, 0) is 55.7 Å². The smallest absolute Gasteiger partial charge is 0.253 e. The van der Waals surface area contributed by atoms with Crippen molar-refractivity contribution in [3.8, 4) is 17.0 Å². The number of pyridine rings is 1. The Morgan fingerprint density at radius 3 is 3.06 bits per heavy atom. The molecule has 9 heteroatoms. The maximum atomic E-state index is 12.7. The van der Waals surface area contributed by atoms with E-state index in [1.54, 1.807) is 17.3 Å². The van der Waals surface area contributed by atoms with E-state index in [1.165, 1.54) is 6.08 Å². The van der Waals surface area contributed by atoms with Crippen LogP contribution in [0.15, 0.2) is 55.4 Å². The molecule has 2 amide bonds. The van der Waals surface area contributed by atoms with E-state index in [1.807, 2.05) is 41.9 Å². The number of hydrogen-bond acceptors (Lipinski definition) is 5. The fourth-order valence-corrected chi connectivity index (χ4v) is 5.04. The molecule has 0 spiro atoms. The Morgan fingerprint density at radius 2 is 2.22 bits per heavy atom. The maximum absolute atomic E-state index is 12.7. The molecule has 0 saturated carbocycles. The molecule has 5 rings (SSSR count). The van der Waals surface area contributed by atoms with Crippen molar-refractivity contribution in [2.75, 3.05) is 25.1 Å². The van der Waals surface area contributed by atoms with Crippen molar-refractivity contribution in [1.29, 1.82) is 0 Å². The molecule has 3 aromatic rings. The lowest BCUT2D eigenvalue weighted by atomic mass is 10.1. The summed E-state index contributed by atoms with van der Waals surface area (Å²) in [6, 6.07) is 9.41. The van der Waals surface area contributed by atoms with Crippen LogP contribution in [0.2, 0.25) is 5.02 Å². The maximum Gasteiger partial charge on any atom is 0.253 e. The number of fused-ring (bicyclic) bond motifs is 1. The summed E-state index contributed by atoms with van der Waals surface area (Å²) in [6.45, 7) is 7.17. The third-order valence-corrected chi connectivity index (χ3v) is 7.23.